The number of aromatic nitrogens is 1. The van der Waals surface area contributed by atoms with E-state index in [0.29, 0.717) is 0 Å². The highest BCUT2D eigenvalue weighted by atomic mass is 16.4. The average Bonchev–Trinajstić information content (AvgIpc) is 2.90. The number of aryl methyl sites for hydroxylation is 2. The van der Waals surface area contributed by atoms with Crippen LogP contribution in [-0.2, 0) is 6.42 Å². The van der Waals surface area contributed by atoms with Gasteiger partial charge in [-0.2, -0.15) is 0 Å². The SMILES string of the molecule is Cc1ccoc1-c1cnc(CCCNC2CC2)o1. The zero-order valence-electron chi connectivity index (χ0n) is 10.6. The van der Waals surface area contributed by atoms with Gasteiger partial charge >= 0.3 is 0 Å². The van der Waals surface area contributed by atoms with Crippen LogP contribution in [0, 0.1) is 6.92 Å². The van der Waals surface area contributed by atoms with E-state index in [4.69, 9.17) is 8.83 Å². The van der Waals surface area contributed by atoms with Crippen LogP contribution in [0.1, 0.15) is 30.7 Å². The van der Waals surface area contributed by atoms with Crippen molar-refractivity contribution in [2.24, 2.45) is 0 Å². The first-order valence-corrected chi connectivity index (χ1v) is 6.55. The molecule has 2 heterocycles. The summed E-state index contributed by atoms with van der Waals surface area (Å²) in [4.78, 5) is 4.29. The third kappa shape index (κ3) is 2.64. The molecule has 2 aromatic rings. The van der Waals surface area contributed by atoms with Gasteiger partial charge in [-0.05, 0) is 44.4 Å². The molecule has 1 N–H and O–H groups in total. The van der Waals surface area contributed by atoms with Crippen LogP contribution in [0.2, 0.25) is 0 Å². The molecule has 4 heteroatoms. The van der Waals surface area contributed by atoms with Crippen molar-refractivity contribution in [2.45, 2.75) is 38.6 Å². The quantitative estimate of drug-likeness (QED) is 0.796. The van der Waals surface area contributed by atoms with Gasteiger partial charge in [-0.25, -0.2) is 4.98 Å². The Balaban J connectivity index is 1.54. The fourth-order valence-corrected chi connectivity index (χ4v) is 1.99. The van der Waals surface area contributed by atoms with Crippen LogP contribution in [0.3, 0.4) is 0 Å². The molecule has 1 aliphatic carbocycles. The highest BCUT2D eigenvalue weighted by Gasteiger charge is 2.19. The summed E-state index contributed by atoms with van der Waals surface area (Å²) >= 11 is 0. The minimum absolute atomic E-state index is 0.725. The Kier molecular flexibility index (Phi) is 3.19. The molecular formula is C14H18N2O2. The van der Waals surface area contributed by atoms with E-state index < -0.39 is 0 Å². The van der Waals surface area contributed by atoms with Crippen molar-refractivity contribution in [3.8, 4) is 11.5 Å². The predicted molar refractivity (Wildman–Crippen MR) is 68.3 cm³/mol. The molecule has 0 aromatic carbocycles. The zero-order valence-corrected chi connectivity index (χ0v) is 10.6. The van der Waals surface area contributed by atoms with Crippen molar-refractivity contribution < 1.29 is 8.83 Å². The van der Waals surface area contributed by atoms with Crippen LogP contribution < -0.4 is 5.32 Å². The van der Waals surface area contributed by atoms with E-state index >= 15 is 0 Å². The van der Waals surface area contributed by atoms with E-state index in [1.54, 1.807) is 12.5 Å². The Morgan fingerprint density at radius 3 is 3.06 bits per heavy atom. The van der Waals surface area contributed by atoms with Gasteiger partial charge in [0.25, 0.3) is 0 Å². The Bertz CT molecular complexity index is 511. The topological polar surface area (TPSA) is 51.2 Å². The van der Waals surface area contributed by atoms with E-state index in [0.717, 1.165) is 48.4 Å². The van der Waals surface area contributed by atoms with E-state index in [-0.39, 0.29) is 0 Å². The summed E-state index contributed by atoms with van der Waals surface area (Å²) in [6.07, 6.45) is 8.02. The van der Waals surface area contributed by atoms with E-state index in [2.05, 4.69) is 10.3 Å². The molecule has 2 aromatic heterocycles. The van der Waals surface area contributed by atoms with Crippen LogP contribution in [0.15, 0.2) is 27.4 Å². The monoisotopic (exact) mass is 246 g/mol. The number of nitrogens with zero attached hydrogens (tertiary/aromatic N) is 1. The molecule has 4 nitrogen and oxygen atoms in total. The van der Waals surface area contributed by atoms with Gasteiger partial charge in [0.2, 0.25) is 0 Å². The van der Waals surface area contributed by atoms with Gasteiger partial charge in [0.05, 0.1) is 12.5 Å². The van der Waals surface area contributed by atoms with Crippen molar-refractivity contribution in [3.63, 3.8) is 0 Å². The van der Waals surface area contributed by atoms with Crippen molar-refractivity contribution in [1.29, 1.82) is 0 Å². The second-order valence-corrected chi connectivity index (χ2v) is 4.88. The third-order valence-electron chi connectivity index (χ3n) is 3.22. The summed E-state index contributed by atoms with van der Waals surface area (Å²) < 4.78 is 11.1. The number of hydrogen-bond acceptors (Lipinski definition) is 4. The fraction of sp³-hybridized carbons (Fsp3) is 0.500. The van der Waals surface area contributed by atoms with Gasteiger partial charge in [-0.1, -0.05) is 0 Å². The van der Waals surface area contributed by atoms with Gasteiger partial charge in [-0.3, -0.25) is 0 Å². The van der Waals surface area contributed by atoms with Gasteiger partial charge in [0.15, 0.2) is 17.4 Å². The Morgan fingerprint density at radius 1 is 1.44 bits per heavy atom. The molecule has 3 rings (SSSR count). The minimum atomic E-state index is 0.725. The molecule has 1 aliphatic rings. The van der Waals surface area contributed by atoms with Crippen molar-refractivity contribution in [2.75, 3.05) is 6.54 Å². The highest BCUT2D eigenvalue weighted by Crippen LogP contribution is 2.25. The lowest BCUT2D eigenvalue weighted by Gasteiger charge is -1.99. The molecule has 0 aliphatic heterocycles. The summed E-state index contributed by atoms with van der Waals surface area (Å²) in [5.41, 5.74) is 1.08. The second kappa shape index (κ2) is 4.98. The maximum absolute atomic E-state index is 5.70. The molecule has 0 spiro atoms. The molecule has 1 saturated carbocycles. The standard InChI is InChI=1S/C14H18N2O2/c1-10-6-8-17-14(10)12-9-16-13(18-12)3-2-7-15-11-4-5-11/h6,8-9,11,15H,2-5,7H2,1H3. The van der Waals surface area contributed by atoms with Gasteiger partial charge < -0.3 is 14.2 Å². The molecule has 0 unspecified atom stereocenters. The summed E-state index contributed by atoms with van der Waals surface area (Å²) in [5, 5.41) is 3.48. The molecule has 0 bridgehead atoms. The van der Waals surface area contributed by atoms with Crippen LogP contribution in [0.5, 0.6) is 0 Å². The van der Waals surface area contributed by atoms with E-state index in [1.165, 1.54) is 12.8 Å². The summed E-state index contributed by atoms with van der Waals surface area (Å²) in [6.45, 7) is 3.04. The van der Waals surface area contributed by atoms with Crippen LogP contribution in [0.25, 0.3) is 11.5 Å². The molecule has 0 atom stereocenters. The number of rotatable bonds is 6. The molecule has 1 fully saturated rings. The Morgan fingerprint density at radius 2 is 2.33 bits per heavy atom. The first kappa shape index (κ1) is 11.5. The van der Waals surface area contributed by atoms with Gasteiger partial charge in [0.1, 0.15) is 0 Å². The number of furan rings is 1. The summed E-state index contributed by atoms with van der Waals surface area (Å²) in [7, 11) is 0. The Labute approximate surface area is 106 Å². The maximum Gasteiger partial charge on any atom is 0.195 e. The molecular weight excluding hydrogens is 228 g/mol. The van der Waals surface area contributed by atoms with Crippen LogP contribution >= 0.6 is 0 Å². The highest BCUT2D eigenvalue weighted by molar-refractivity contribution is 5.53. The van der Waals surface area contributed by atoms with E-state index in [9.17, 15) is 0 Å². The van der Waals surface area contributed by atoms with Crippen molar-refractivity contribution in [3.05, 3.63) is 30.0 Å². The molecule has 0 amide bonds. The lowest BCUT2D eigenvalue weighted by atomic mass is 10.2. The lowest BCUT2D eigenvalue weighted by molar-refractivity contribution is 0.471. The summed E-state index contributed by atoms with van der Waals surface area (Å²) in [5.74, 6) is 2.30. The van der Waals surface area contributed by atoms with Gasteiger partial charge in [0, 0.05) is 12.5 Å². The van der Waals surface area contributed by atoms with Crippen molar-refractivity contribution in [1.82, 2.24) is 10.3 Å². The largest absolute Gasteiger partial charge is 0.461 e. The average molecular weight is 246 g/mol. The number of nitrogens with one attached hydrogen (secondary N) is 1. The smallest absolute Gasteiger partial charge is 0.195 e. The lowest BCUT2D eigenvalue weighted by Crippen LogP contribution is -2.17. The first-order valence-electron chi connectivity index (χ1n) is 6.55. The first-order chi connectivity index (χ1) is 8.83. The van der Waals surface area contributed by atoms with Crippen LogP contribution in [-0.4, -0.2) is 17.6 Å². The molecule has 0 radical (unpaired) electrons. The predicted octanol–water partition coefficient (Wildman–Crippen LogP) is 2.93. The Hall–Kier alpha value is -1.55. The zero-order chi connectivity index (χ0) is 12.4. The second-order valence-electron chi connectivity index (χ2n) is 4.88. The number of hydrogen-bond donors (Lipinski definition) is 1. The molecule has 96 valence electrons. The molecule has 0 saturated heterocycles. The summed E-state index contributed by atoms with van der Waals surface area (Å²) in [6, 6.07) is 2.70. The van der Waals surface area contributed by atoms with Crippen molar-refractivity contribution >= 4 is 0 Å². The maximum atomic E-state index is 5.70. The minimum Gasteiger partial charge on any atom is -0.461 e. The van der Waals surface area contributed by atoms with Crippen LogP contribution in [0.4, 0.5) is 0 Å². The molecule has 18 heavy (non-hydrogen) atoms. The fourth-order valence-electron chi connectivity index (χ4n) is 1.99. The van der Waals surface area contributed by atoms with Gasteiger partial charge in [-0.15, -0.1) is 0 Å². The normalized spacial score (nSPS) is 15.2. The third-order valence-corrected chi connectivity index (χ3v) is 3.22. The van der Waals surface area contributed by atoms with E-state index in [1.807, 2.05) is 13.0 Å². The number of oxazole rings is 1.